The number of aryl methyl sites for hydroxylation is 1. The number of methoxy groups -OCH3 is 1. The van der Waals surface area contributed by atoms with Crippen LogP contribution in [-0.4, -0.2) is 31.1 Å². The molecule has 1 aliphatic heterocycles. The fourth-order valence-electron chi connectivity index (χ4n) is 3.00. The highest BCUT2D eigenvalue weighted by Gasteiger charge is 2.30. The molecule has 0 unspecified atom stereocenters. The van der Waals surface area contributed by atoms with Crippen molar-refractivity contribution >= 4 is 17.8 Å². The van der Waals surface area contributed by atoms with Crippen LogP contribution in [0, 0.1) is 6.92 Å². The van der Waals surface area contributed by atoms with Gasteiger partial charge in [0.05, 0.1) is 12.7 Å². The molecule has 0 spiro atoms. The standard InChI is InChI=1S/C23H24O6/c1-14-10-16(27-13-20(24)29-23(2,3)4)12-18-21(14)22(25)19(28-18)11-15-8-6-7-9-17(15)26-5/h6-12H,13H2,1-5H3/b19-11-. The summed E-state index contributed by atoms with van der Waals surface area (Å²) in [6.07, 6.45) is 1.65. The van der Waals surface area contributed by atoms with Gasteiger partial charge in [-0.1, -0.05) is 18.2 Å². The van der Waals surface area contributed by atoms with Gasteiger partial charge in [-0.15, -0.1) is 0 Å². The monoisotopic (exact) mass is 396 g/mol. The second kappa shape index (κ2) is 7.99. The lowest BCUT2D eigenvalue weighted by molar-refractivity contribution is -0.157. The van der Waals surface area contributed by atoms with Crippen molar-refractivity contribution in [1.82, 2.24) is 0 Å². The van der Waals surface area contributed by atoms with Crippen LogP contribution in [0.2, 0.25) is 0 Å². The highest BCUT2D eigenvalue weighted by molar-refractivity contribution is 6.15. The van der Waals surface area contributed by atoms with E-state index < -0.39 is 11.6 Å². The van der Waals surface area contributed by atoms with Gasteiger partial charge in [-0.25, -0.2) is 4.79 Å². The average molecular weight is 396 g/mol. The molecule has 0 aromatic heterocycles. The number of carbonyl (C=O) groups is 2. The third-order valence-electron chi connectivity index (χ3n) is 4.15. The number of rotatable bonds is 5. The molecular weight excluding hydrogens is 372 g/mol. The van der Waals surface area contributed by atoms with Gasteiger partial charge in [-0.2, -0.15) is 0 Å². The molecule has 3 rings (SSSR count). The lowest BCUT2D eigenvalue weighted by atomic mass is 10.0. The second-order valence-corrected chi connectivity index (χ2v) is 7.67. The van der Waals surface area contributed by atoms with E-state index in [1.807, 2.05) is 24.3 Å². The van der Waals surface area contributed by atoms with Crippen molar-refractivity contribution in [2.45, 2.75) is 33.3 Å². The smallest absolute Gasteiger partial charge is 0.344 e. The van der Waals surface area contributed by atoms with Crippen LogP contribution in [0.5, 0.6) is 17.2 Å². The number of esters is 1. The largest absolute Gasteiger partial charge is 0.496 e. The molecule has 1 heterocycles. The van der Waals surface area contributed by atoms with E-state index in [4.69, 9.17) is 18.9 Å². The number of carbonyl (C=O) groups excluding carboxylic acids is 2. The van der Waals surface area contributed by atoms with Gasteiger partial charge in [-0.3, -0.25) is 4.79 Å². The van der Waals surface area contributed by atoms with E-state index in [2.05, 4.69) is 0 Å². The zero-order chi connectivity index (χ0) is 21.2. The van der Waals surface area contributed by atoms with Crippen LogP contribution in [0.15, 0.2) is 42.2 Å². The molecule has 6 heteroatoms. The first-order chi connectivity index (χ1) is 13.7. The van der Waals surface area contributed by atoms with Crippen molar-refractivity contribution in [2.24, 2.45) is 0 Å². The van der Waals surface area contributed by atoms with Crippen LogP contribution in [0.25, 0.3) is 6.08 Å². The summed E-state index contributed by atoms with van der Waals surface area (Å²) in [6.45, 7) is 6.94. The lowest BCUT2D eigenvalue weighted by Gasteiger charge is -2.19. The third-order valence-corrected chi connectivity index (χ3v) is 4.15. The molecule has 0 amide bonds. The summed E-state index contributed by atoms with van der Waals surface area (Å²) in [5.41, 5.74) is 1.35. The summed E-state index contributed by atoms with van der Waals surface area (Å²) in [5, 5.41) is 0. The zero-order valence-corrected chi connectivity index (χ0v) is 17.2. The Morgan fingerprint density at radius 3 is 2.59 bits per heavy atom. The molecular formula is C23H24O6. The topological polar surface area (TPSA) is 71.1 Å². The zero-order valence-electron chi connectivity index (χ0n) is 17.2. The number of para-hydroxylation sites is 1. The third kappa shape index (κ3) is 4.77. The van der Waals surface area contributed by atoms with Crippen LogP contribution < -0.4 is 14.2 Å². The van der Waals surface area contributed by atoms with E-state index in [1.54, 1.807) is 53.0 Å². The first-order valence-electron chi connectivity index (χ1n) is 9.24. The Labute approximate surface area is 170 Å². The molecule has 2 aromatic carbocycles. The van der Waals surface area contributed by atoms with Crippen LogP contribution in [0.4, 0.5) is 0 Å². The number of ketones is 1. The molecule has 29 heavy (non-hydrogen) atoms. The maximum atomic E-state index is 12.8. The van der Waals surface area contributed by atoms with Gasteiger partial charge in [0.1, 0.15) is 22.8 Å². The quantitative estimate of drug-likeness (QED) is 0.553. The van der Waals surface area contributed by atoms with Crippen LogP contribution in [-0.2, 0) is 9.53 Å². The minimum atomic E-state index is -0.581. The minimum Gasteiger partial charge on any atom is -0.496 e. The van der Waals surface area contributed by atoms with Crippen molar-refractivity contribution in [3.63, 3.8) is 0 Å². The van der Waals surface area contributed by atoms with Crippen molar-refractivity contribution in [3.05, 3.63) is 58.8 Å². The van der Waals surface area contributed by atoms with Crippen molar-refractivity contribution in [1.29, 1.82) is 0 Å². The number of fused-ring (bicyclic) bond motifs is 1. The second-order valence-electron chi connectivity index (χ2n) is 7.67. The Morgan fingerprint density at radius 2 is 1.90 bits per heavy atom. The summed E-state index contributed by atoms with van der Waals surface area (Å²) < 4.78 is 21.9. The maximum Gasteiger partial charge on any atom is 0.344 e. The van der Waals surface area contributed by atoms with Gasteiger partial charge >= 0.3 is 5.97 Å². The minimum absolute atomic E-state index is 0.205. The molecule has 0 radical (unpaired) electrons. The molecule has 0 fully saturated rings. The molecule has 6 nitrogen and oxygen atoms in total. The molecule has 0 bridgehead atoms. The van der Waals surface area contributed by atoms with Crippen molar-refractivity contribution < 1.29 is 28.5 Å². The number of hydrogen-bond donors (Lipinski definition) is 0. The predicted octanol–water partition coefficient (Wildman–Crippen LogP) is 4.34. The van der Waals surface area contributed by atoms with Crippen LogP contribution >= 0.6 is 0 Å². The predicted molar refractivity (Wildman–Crippen MR) is 108 cm³/mol. The van der Waals surface area contributed by atoms with Crippen molar-refractivity contribution in [3.8, 4) is 17.2 Å². The maximum absolute atomic E-state index is 12.8. The Balaban J connectivity index is 1.80. The van der Waals surface area contributed by atoms with E-state index in [0.717, 1.165) is 5.56 Å². The molecule has 0 N–H and O–H groups in total. The fraction of sp³-hybridized carbons (Fsp3) is 0.304. The molecule has 0 saturated carbocycles. The number of benzene rings is 2. The average Bonchev–Trinajstić information content (AvgIpc) is 2.95. The highest BCUT2D eigenvalue weighted by Crippen LogP contribution is 2.38. The highest BCUT2D eigenvalue weighted by atomic mass is 16.6. The summed E-state index contributed by atoms with van der Waals surface area (Å²) in [7, 11) is 1.57. The van der Waals surface area contributed by atoms with Gasteiger partial charge in [0.25, 0.3) is 0 Å². The van der Waals surface area contributed by atoms with Crippen molar-refractivity contribution in [2.75, 3.05) is 13.7 Å². The Kier molecular flexibility index (Phi) is 5.64. The molecule has 0 atom stereocenters. The molecule has 1 aliphatic rings. The first kappa shape index (κ1) is 20.5. The normalized spacial score (nSPS) is 14.4. The summed E-state index contributed by atoms with van der Waals surface area (Å²) in [4.78, 5) is 24.7. The lowest BCUT2D eigenvalue weighted by Crippen LogP contribution is -2.27. The SMILES string of the molecule is COc1ccccc1/C=C1\Oc2cc(OCC(=O)OC(C)(C)C)cc(C)c2C1=O. The van der Waals surface area contributed by atoms with E-state index in [0.29, 0.717) is 28.4 Å². The molecule has 2 aromatic rings. The van der Waals surface area contributed by atoms with Gasteiger partial charge < -0.3 is 18.9 Å². The van der Waals surface area contributed by atoms with E-state index >= 15 is 0 Å². The van der Waals surface area contributed by atoms with Gasteiger partial charge in [-0.05, 0) is 51.5 Å². The van der Waals surface area contributed by atoms with Crippen LogP contribution in [0.1, 0.15) is 42.3 Å². The number of ether oxygens (including phenoxy) is 4. The summed E-state index contributed by atoms with van der Waals surface area (Å²) in [5.74, 6) is 1.00. The van der Waals surface area contributed by atoms with Gasteiger partial charge in [0, 0.05) is 11.6 Å². The summed E-state index contributed by atoms with van der Waals surface area (Å²) >= 11 is 0. The Morgan fingerprint density at radius 1 is 1.17 bits per heavy atom. The Hall–Kier alpha value is -3.28. The molecule has 152 valence electrons. The van der Waals surface area contributed by atoms with E-state index in [-0.39, 0.29) is 18.1 Å². The van der Waals surface area contributed by atoms with E-state index in [1.165, 1.54) is 0 Å². The van der Waals surface area contributed by atoms with Gasteiger partial charge in [0.15, 0.2) is 12.4 Å². The molecule has 0 aliphatic carbocycles. The number of Topliss-reactive ketones (excluding diaryl/α,β-unsaturated/α-hetero) is 1. The van der Waals surface area contributed by atoms with E-state index in [9.17, 15) is 9.59 Å². The first-order valence-corrected chi connectivity index (χ1v) is 9.24. The fourth-order valence-corrected chi connectivity index (χ4v) is 3.00. The number of hydrogen-bond acceptors (Lipinski definition) is 6. The summed E-state index contributed by atoms with van der Waals surface area (Å²) in [6, 6.07) is 10.7. The molecule has 0 saturated heterocycles. The number of allylic oxidation sites excluding steroid dienone is 1. The van der Waals surface area contributed by atoms with Crippen LogP contribution in [0.3, 0.4) is 0 Å². The Bertz CT molecular complexity index is 981. The van der Waals surface area contributed by atoms with Gasteiger partial charge in [0.2, 0.25) is 5.78 Å².